The largest absolute Gasteiger partial charge is 0.486 e. The summed E-state index contributed by atoms with van der Waals surface area (Å²) in [5.74, 6) is 0.438. The van der Waals surface area contributed by atoms with E-state index in [1.54, 1.807) is 12.1 Å². The lowest BCUT2D eigenvalue weighted by Crippen LogP contribution is -2.43. The molecule has 4 heteroatoms. The number of fused-ring (bicyclic) bond motifs is 2. The first-order chi connectivity index (χ1) is 8.78. The van der Waals surface area contributed by atoms with Crippen molar-refractivity contribution in [3.8, 4) is 5.75 Å². The third kappa shape index (κ3) is 1.92. The van der Waals surface area contributed by atoms with Gasteiger partial charge in [-0.3, -0.25) is 0 Å². The molecular weight excluding hydrogens is 230 g/mol. The first kappa shape index (κ1) is 11.4. The molecule has 0 bridgehead atoms. The van der Waals surface area contributed by atoms with Crippen LogP contribution in [0, 0.1) is 0 Å². The number of anilines is 1. The van der Waals surface area contributed by atoms with Crippen LogP contribution in [0.1, 0.15) is 36.0 Å². The molecule has 4 nitrogen and oxygen atoms in total. The van der Waals surface area contributed by atoms with Crippen molar-refractivity contribution < 1.29 is 14.3 Å². The number of benzene rings is 1. The minimum atomic E-state index is -0.327. The standard InChI is InChI=1S/C14H17NO3/c1-17-14(16)9-6-7-11-13(8-9)18-12-5-3-2-4-10(12)15-11/h6-8,10,12,15H,2-5H2,1H3. The van der Waals surface area contributed by atoms with Gasteiger partial charge in [-0.15, -0.1) is 0 Å². The minimum absolute atomic E-state index is 0.235. The summed E-state index contributed by atoms with van der Waals surface area (Å²) in [6.07, 6.45) is 4.95. The lowest BCUT2D eigenvalue weighted by atomic mass is 9.91. The maximum atomic E-state index is 11.5. The van der Waals surface area contributed by atoms with E-state index in [4.69, 9.17) is 9.47 Å². The lowest BCUT2D eigenvalue weighted by molar-refractivity contribution is 0.0599. The van der Waals surface area contributed by atoms with Gasteiger partial charge in [0.15, 0.2) is 0 Å². The van der Waals surface area contributed by atoms with E-state index in [1.807, 2.05) is 6.07 Å². The maximum absolute atomic E-state index is 11.5. The molecule has 3 rings (SSSR count). The fraction of sp³-hybridized carbons (Fsp3) is 0.500. The number of nitrogens with one attached hydrogen (secondary N) is 1. The molecule has 1 aliphatic heterocycles. The maximum Gasteiger partial charge on any atom is 0.337 e. The van der Waals surface area contributed by atoms with Crippen molar-refractivity contribution in [2.75, 3.05) is 12.4 Å². The summed E-state index contributed by atoms with van der Waals surface area (Å²) in [6, 6.07) is 5.84. The molecular formula is C14H17NO3. The van der Waals surface area contributed by atoms with Crippen molar-refractivity contribution in [3.63, 3.8) is 0 Å². The van der Waals surface area contributed by atoms with E-state index < -0.39 is 0 Å². The molecule has 1 aromatic rings. The van der Waals surface area contributed by atoms with Crippen molar-refractivity contribution >= 4 is 11.7 Å². The molecule has 1 N–H and O–H groups in total. The molecule has 0 amide bonds. The van der Waals surface area contributed by atoms with E-state index >= 15 is 0 Å². The zero-order valence-corrected chi connectivity index (χ0v) is 10.4. The smallest absolute Gasteiger partial charge is 0.337 e. The van der Waals surface area contributed by atoms with Crippen LogP contribution in [0.5, 0.6) is 5.75 Å². The lowest BCUT2D eigenvalue weighted by Gasteiger charge is -2.38. The summed E-state index contributed by atoms with van der Waals surface area (Å²) in [5, 5.41) is 3.51. The summed E-state index contributed by atoms with van der Waals surface area (Å²) < 4.78 is 10.7. The molecule has 0 saturated heterocycles. The molecule has 1 saturated carbocycles. The number of hydrogen-bond acceptors (Lipinski definition) is 4. The number of carbonyl (C=O) groups is 1. The highest BCUT2D eigenvalue weighted by atomic mass is 16.5. The van der Waals surface area contributed by atoms with Crippen LogP contribution >= 0.6 is 0 Å². The third-order valence-corrected chi connectivity index (χ3v) is 3.72. The van der Waals surface area contributed by atoms with Crippen LogP contribution in [0.15, 0.2) is 18.2 Å². The van der Waals surface area contributed by atoms with Crippen molar-refractivity contribution in [1.82, 2.24) is 0 Å². The number of methoxy groups -OCH3 is 1. The molecule has 1 aromatic carbocycles. The topological polar surface area (TPSA) is 47.6 Å². The number of rotatable bonds is 1. The van der Waals surface area contributed by atoms with Gasteiger partial charge in [0.2, 0.25) is 0 Å². The fourth-order valence-electron chi connectivity index (χ4n) is 2.75. The van der Waals surface area contributed by atoms with E-state index in [0.717, 1.165) is 24.3 Å². The van der Waals surface area contributed by atoms with Crippen LogP contribution in [0.4, 0.5) is 5.69 Å². The first-order valence-electron chi connectivity index (χ1n) is 6.43. The molecule has 2 unspecified atom stereocenters. The summed E-state index contributed by atoms with van der Waals surface area (Å²) >= 11 is 0. The monoisotopic (exact) mass is 247 g/mol. The number of carbonyl (C=O) groups excluding carboxylic acids is 1. The van der Waals surface area contributed by atoms with Crippen molar-refractivity contribution in [1.29, 1.82) is 0 Å². The van der Waals surface area contributed by atoms with E-state index in [-0.39, 0.29) is 12.1 Å². The number of hydrogen-bond donors (Lipinski definition) is 1. The average molecular weight is 247 g/mol. The molecule has 1 fully saturated rings. The van der Waals surface area contributed by atoms with Gasteiger partial charge < -0.3 is 14.8 Å². The fourth-order valence-corrected chi connectivity index (χ4v) is 2.75. The van der Waals surface area contributed by atoms with Crippen LogP contribution in [0.25, 0.3) is 0 Å². The Morgan fingerprint density at radius 2 is 2.22 bits per heavy atom. The van der Waals surface area contributed by atoms with Crippen LogP contribution in [-0.2, 0) is 4.74 Å². The van der Waals surface area contributed by atoms with Crippen LogP contribution < -0.4 is 10.1 Å². The molecule has 96 valence electrons. The quantitative estimate of drug-likeness (QED) is 0.775. The van der Waals surface area contributed by atoms with Crippen molar-refractivity contribution in [3.05, 3.63) is 23.8 Å². The Morgan fingerprint density at radius 1 is 1.39 bits per heavy atom. The normalized spacial score (nSPS) is 25.2. The summed E-state index contributed by atoms with van der Waals surface area (Å²) in [6.45, 7) is 0. The summed E-state index contributed by atoms with van der Waals surface area (Å²) in [7, 11) is 1.39. The van der Waals surface area contributed by atoms with E-state index in [2.05, 4.69) is 5.32 Å². The second-order valence-electron chi connectivity index (χ2n) is 4.89. The Kier molecular flexibility index (Phi) is 2.86. The highest BCUT2D eigenvalue weighted by molar-refractivity contribution is 5.90. The van der Waals surface area contributed by atoms with Crippen LogP contribution in [0.3, 0.4) is 0 Å². The zero-order chi connectivity index (χ0) is 12.5. The molecule has 2 atom stereocenters. The Hall–Kier alpha value is -1.71. The second-order valence-corrected chi connectivity index (χ2v) is 4.89. The zero-order valence-electron chi connectivity index (χ0n) is 10.4. The Bertz CT molecular complexity index is 472. The average Bonchev–Trinajstić information content (AvgIpc) is 2.43. The molecule has 0 radical (unpaired) electrons. The number of ether oxygens (including phenoxy) is 2. The van der Waals surface area contributed by atoms with E-state index in [0.29, 0.717) is 11.6 Å². The molecule has 0 aromatic heterocycles. The van der Waals surface area contributed by atoms with Gasteiger partial charge in [0.05, 0.1) is 24.4 Å². The minimum Gasteiger partial charge on any atom is -0.486 e. The van der Waals surface area contributed by atoms with Crippen molar-refractivity contribution in [2.45, 2.75) is 37.8 Å². The Morgan fingerprint density at radius 3 is 3.06 bits per heavy atom. The van der Waals surface area contributed by atoms with Gasteiger partial charge in [-0.25, -0.2) is 4.79 Å². The molecule has 1 aliphatic carbocycles. The molecule has 0 spiro atoms. The van der Waals surface area contributed by atoms with E-state index in [1.165, 1.54) is 20.0 Å². The van der Waals surface area contributed by atoms with Gasteiger partial charge >= 0.3 is 5.97 Å². The first-order valence-corrected chi connectivity index (χ1v) is 6.43. The SMILES string of the molecule is COC(=O)c1ccc2c(c1)OC1CCCCC1N2. The Balaban J connectivity index is 1.88. The highest BCUT2D eigenvalue weighted by Crippen LogP contribution is 2.36. The van der Waals surface area contributed by atoms with E-state index in [9.17, 15) is 4.79 Å². The molecule has 2 aliphatic rings. The van der Waals surface area contributed by atoms with Crippen LogP contribution in [-0.4, -0.2) is 25.2 Å². The highest BCUT2D eigenvalue weighted by Gasteiger charge is 2.31. The summed E-state index contributed by atoms with van der Waals surface area (Å²) in [5.41, 5.74) is 1.51. The predicted molar refractivity (Wildman–Crippen MR) is 68.1 cm³/mol. The van der Waals surface area contributed by atoms with Gasteiger partial charge in [0.1, 0.15) is 11.9 Å². The second kappa shape index (κ2) is 4.52. The van der Waals surface area contributed by atoms with Gasteiger partial charge in [0.25, 0.3) is 0 Å². The molecule has 1 heterocycles. The van der Waals surface area contributed by atoms with Crippen molar-refractivity contribution in [2.24, 2.45) is 0 Å². The Labute approximate surface area is 106 Å². The van der Waals surface area contributed by atoms with Gasteiger partial charge in [-0.2, -0.15) is 0 Å². The third-order valence-electron chi connectivity index (χ3n) is 3.72. The van der Waals surface area contributed by atoms with Gasteiger partial charge in [-0.05, 0) is 37.5 Å². The van der Waals surface area contributed by atoms with Gasteiger partial charge in [-0.1, -0.05) is 6.42 Å². The predicted octanol–water partition coefficient (Wildman–Crippen LogP) is 2.59. The molecule has 18 heavy (non-hydrogen) atoms. The van der Waals surface area contributed by atoms with Gasteiger partial charge in [0, 0.05) is 0 Å². The summed E-state index contributed by atoms with van der Waals surface area (Å²) in [4.78, 5) is 11.5. The number of esters is 1. The van der Waals surface area contributed by atoms with Crippen LogP contribution in [0.2, 0.25) is 0 Å².